The van der Waals surface area contributed by atoms with Gasteiger partial charge in [0.2, 0.25) is 5.91 Å². The first-order valence-electron chi connectivity index (χ1n) is 3.92. The molecule has 1 aromatic heterocycles. The molecule has 1 amide bonds. The van der Waals surface area contributed by atoms with Gasteiger partial charge in [-0.25, -0.2) is 0 Å². The van der Waals surface area contributed by atoms with E-state index in [1.807, 2.05) is 0 Å². The maximum Gasteiger partial charge on any atom is 0.266 e. The van der Waals surface area contributed by atoms with Crippen molar-refractivity contribution in [3.8, 4) is 0 Å². The van der Waals surface area contributed by atoms with Gasteiger partial charge >= 0.3 is 0 Å². The standard InChI is InChI=1S/C9H9ClN2O2/c10-7-4-6(5-12-9(7)14)2-1-3-8(11)13/h1-2,4-5H,3H2,(H2,11,13)(H,12,14). The van der Waals surface area contributed by atoms with E-state index in [1.54, 1.807) is 12.2 Å². The van der Waals surface area contributed by atoms with Gasteiger partial charge in [-0.15, -0.1) is 0 Å². The van der Waals surface area contributed by atoms with Crippen molar-refractivity contribution in [3.63, 3.8) is 0 Å². The minimum atomic E-state index is -0.406. The zero-order valence-electron chi connectivity index (χ0n) is 7.29. The minimum absolute atomic E-state index is 0.117. The summed E-state index contributed by atoms with van der Waals surface area (Å²) in [5, 5.41) is 0.117. The molecule has 1 heterocycles. The van der Waals surface area contributed by atoms with E-state index in [4.69, 9.17) is 17.3 Å². The number of aromatic amines is 1. The van der Waals surface area contributed by atoms with Gasteiger partial charge in [0.1, 0.15) is 5.02 Å². The summed E-state index contributed by atoms with van der Waals surface area (Å²) >= 11 is 5.59. The fraction of sp³-hybridized carbons (Fsp3) is 0.111. The highest BCUT2D eigenvalue weighted by Crippen LogP contribution is 2.05. The van der Waals surface area contributed by atoms with Gasteiger partial charge in [0.15, 0.2) is 0 Å². The zero-order chi connectivity index (χ0) is 10.6. The topological polar surface area (TPSA) is 76.0 Å². The number of carbonyl (C=O) groups is 1. The van der Waals surface area contributed by atoms with Gasteiger partial charge in [-0.3, -0.25) is 9.59 Å². The first kappa shape index (κ1) is 10.5. The number of hydrogen-bond donors (Lipinski definition) is 2. The summed E-state index contributed by atoms with van der Waals surface area (Å²) in [5.41, 5.74) is 5.32. The Hall–Kier alpha value is -1.55. The van der Waals surface area contributed by atoms with Crippen molar-refractivity contribution >= 4 is 23.6 Å². The lowest BCUT2D eigenvalue weighted by Crippen LogP contribution is -2.08. The second-order valence-electron chi connectivity index (χ2n) is 2.68. The molecule has 0 saturated heterocycles. The van der Waals surface area contributed by atoms with Gasteiger partial charge in [-0.1, -0.05) is 23.8 Å². The Bertz CT molecular complexity index is 423. The molecule has 74 valence electrons. The average molecular weight is 213 g/mol. The van der Waals surface area contributed by atoms with Gasteiger partial charge in [-0.2, -0.15) is 0 Å². The van der Waals surface area contributed by atoms with Gasteiger partial charge in [0.05, 0.1) is 0 Å². The highest BCUT2D eigenvalue weighted by atomic mass is 35.5. The van der Waals surface area contributed by atoms with Gasteiger partial charge in [0, 0.05) is 12.6 Å². The molecule has 1 rings (SSSR count). The molecule has 0 radical (unpaired) electrons. The van der Waals surface area contributed by atoms with E-state index in [-0.39, 0.29) is 17.0 Å². The Morgan fingerprint density at radius 1 is 1.64 bits per heavy atom. The molecule has 0 bridgehead atoms. The molecule has 0 aliphatic heterocycles. The maximum absolute atomic E-state index is 10.9. The fourth-order valence-corrected chi connectivity index (χ4v) is 1.06. The second-order valence-corrected chi connectivity index (χ2v) is 3.09. The predicted octanol–water partition coefficient (Wildman–Crippen LogP) is 0.917. The molecule has 0 fully saturated rings. The van der Waals surface area contributed by atoms with Gasteiger partial charge in [0.25, 0.3) is 5.56 Å². The largest absolute Gasteiger partial charge is 0.369 e. The predicted molar refractivity (Wildman–Crippen MR) is 54.9 cm³/mol. The lowest BCUT2D eigenvalue weighted by molar-refractivity contribution is -0.117. The quantitative estimate of drug-likeness (QED) is 0.782. The molecule has 3 N–H and O–H groups in total. The molecule has 0 aromatic carbocycles. The van der Waals surface area contributed by atoms with E-state index in [2.05, 4.69) is 4.98 Å². The molecular formula is C9H9ClN2O2. The van der Waals surface area contributed by atoms with Crippen LogP contribution in [0.15, 0.2) is 23.1 Å². The van der Waals surface area contributed by atoms with Crippen molar-refractivity contribution in [3.05, 3.63) is 39.3 Å². The van der Waals surface area contributed by atoms with Crippen LogP contribution in [0.3, 0.4) is 0 Å². The maximum atomic E-state index is 10.9. The van der Waals surface area contributed by atoms with Crippen molar-refractivity contribution < 1.29 is 4.79 Å². The molecule has 0 aliphatic rings. The molecular weight excluding hydrogens is 204 g/mol. The van der Waals surface area contributed by atoms with Crippen LogP contribution in [0.4, 0.5) is 0 Å². The number of hydrogen-bond acceptors (Lipinski definition) is 2. The molecule has 0 spiro atoms. The Balaban J connectivity index is 2.78. The summed E-state index contributed by atoms with van der Waals surface area (Å²) in [6.45, 7) is 0. The van der Waals surface area contributed by atoms with E-state index >= 15 is 0 Å². The number of nitrogens with one attached hydrogen (secondary N) is 1. The smallest absolute Gasteiger partial charge is 0.266 e. The third-order valence-electron chi connectivity index (χ3n) is 1.51. The number of carbonyl (C=O) groups excluding carboxylic acids is 1. The van der Waals surface area contributed by atoms with Gasteiger partial charge in [-0.05, 0) is 11.6 Å². The highest BCUT2D eigenvalue weighted by molar-refractivity contribution is 6.30. The lowest BCUT2D eigenvalue weighted by Gasteiger charge is -1.93. The van der Waals surface area contributed by atoms with Crippen LogP contribution in [0.5, 0.6) is 0 Å². The average Bonchev–Trinajstić information content (AvgIpc) is 2.10. The molecule has 5 heteroatoms. The Labute approximate surface area is 85.4 Å². The molecule has 0 unspecified atom stereocenters. The minimum Gasteiger partial charge on any atom is -0.369 e. The number of aromatic nitrogens is 1. The Kier molecular flexibility index (Phi) is 3.48. The van der Waals surface area contributed by atoms with Crippen molar-refractivity contribution in [2.75, 3.05) is 0 Å². The molecule has 0 aliphatic carbocycles. The summed E-state index contributed by atoms with van der Waals surface area (Å²) < 4.78 is 0. The highest BCUT2D eigenvalue weighted by Gasteiger charge is 1.95. The van der Waals surface area contributed by atoms with Crippen molar-refractivity contribution in [1.29, 1.82) is 0 Å². The van der Waals surface area contributed by atoms with E-state index in [0.717, 1.165) is 5.56 Å². The van der Waals surface area contributed by atoms with Crippen molar-refractivity contribution in [2.24, 2.45) is 5.73 Å². The molecule has 0 atom stereocenters. The van der Waals surface area contributed by atoms with E-state index in [1.165, 1.54) is 12.3 Å². The Morgan fingerprint density at radius 3 is 2.93 bits per heavy atom. The normalized spacial score (nSPS) is 10.6. The third kappa shape index (κ3) is 3.06. The number of rotatable bonds is 3. The second kappa shape index (κ2) is 4.62. The number of nitrogens with two attached hydrogens (primary N) is 1. The van der Waals surface area contributed by atoms with Crippen LogP contribution < -0.4 is 11.3 Å². The fourth-order valence-electron chi connectivity index (χ4n) is 0.879. The summed E-state index contributed by atoms with van der Waals surface area (Å²) in [6, 6.07) is 1.51. The number of halogens is 1. The van der Waals surface area contributed by atoms with Crippen LogP contribution in [0.2, 0.25) is 5.02 Å². The van der Waals surface area contributed by atoms with Crippen LogP contribution in [-0.4, -0.2) is 10.9 Å². The molecule has 0 saturated carbocycles. The first-order chi connectivity index (χ1) is 6.59. The number of amides is 1. The number of primary amides is 1. The van der Waals surface area contributed by atoms with Crippen LogP contribution in [0.25, 0.3) is 6.08 Å². The van der Waals surface area contributed by atoms with Crippen molar-refractivity contribution in [1.82, 2.24) is 4.98 Å². The molecule has 14 heavy (non-hydrogen) atoms. The molecule has 4 nitrogen and oxygen atoms in total. The van der Waals surface area contributed by atoms with Gasteiger partial charge < -0.3 is 10.7 Å². The zero-order valence-corrected chi connectivity index (χ0v) is 8.04. The summed E-state index contributed by atoms with van der Waals surface area (Å²) in [7, 11) is 0. The molecule has 1 aromatic rings. The number of H-pyrrole nitrogens is 1. The van der Waals surface area contributed by atoms with E-state index in [0.29, 0.717) is 0 Å². The number of pyridine rings is 1. The summed E-state index contributed by atoms with van der Waals surface area (Å²) in [4.78, 5) is 23.7. The van der Waals surface area contributed by atoms with Crippen LogP contribution >= 0.6 is 11.6 Å². The summed E-state index contributed by atoms with van der Waals surface area (Å²) in [5.74, 6) is -0.406. The lowest BCUT2D eigenvalue weighted by atomic mass is 10.2. The van der Waals surface area contributed by atoms with Crippen molar-refractivity contribution in [2.45, 2.75) is 6.42 Å². The van der Waals surface area contributed by atoms with Crippen LogP contribution in [0.1, 0.15) is 12.0 Å². The Morgan fingerprint density at radius 2 is 2.36 bits per heavy atom. The monoisotopic (exact) mass is 212 g/mol. The third-order valence-corrected chi connectivity index (χ3v) is 1.79. The first-order valence-corrected chi connectivity index (χ1v) is 4.30. The summed E-state index contributed by atoms with van der Waals surface area (Å²) in [6.07, 6.45) is 4.93. The van der Waals surface area contributed by atoms with Crippen LogP contribution in [-0.2, 0) is 4.79 Å². The van der Waals surface area contributed by atoms with E-state index < -0.39 is 5.91 Å². The van der Waals surface area contributed by atoms with E-state index in [9.17, 15) is 9.59 Å². The van der Waals surface area contributed by atoms with Crippen LogP contribution in [0, 0.1) is 0 Å². The SMILES string of the molecule is NC(=O)CC=Cc1c[nH]c(=O)c(Cl)c1.